The SMILES string of the molecule is Nc1onc(-c2cc(F)ccc2F)c1-c1cccc(Br)c1. The normalized spacial score (nSPS) is 10.8. The zero-order valence-corrected chi connectivity index (χ0v) is 12.2. The van der Waals surface area contributed by atoms with Crippen LogP contribution in [0.5, 0.6) is 0 Å². The van der Waals surface area contributed by atoms with E-state index < -0.39 is 11.6 Å². The van der Waals surface area contributed by atoms with Crippen molar-refractivity contribution in [1.29, 1.82) is 0 Å². The number of anilines is 1. The van der Waals surface area contributed by atoms with Crippen LogP contribution in [0.25, 0.3) is 22.4 Å². The van der Waals surface area contributed by atoms with E-state index in [9.17, 15) is 8.78 Å². The molecule has 0 unspecified atom stereocenters. The highest BCUT2D eigenvalue weighted by molar-refractivity contribution is 9.10. The molecular weight excluding hydrogens is 342 g/mol. The fourth-order valence-corrected chi connectivity index (χ4v) is 2.49. The first-order chi connectivity index (χ1) is 10.1. The Balaban J connectivity index is 2.24. The third kappa shape index (κ3) is 2.54. The molecule has 3 rings (SSSR count). The molecule has 106 valence electrons. The Labute approximate surface area is 127 Å². The lowest BCUT2D eigenvalue weighted by molar-refractivity contribution is 0.439. The molecule has 0 atom stereocenters. The lowest BCUT2D eigenvalue weighted by Crippen LogP contribution is -1.91. The van der Waals surface area contributed by atoms with Crippen molar-refractivity contribution in [2.45, 2.75) is 0 Å². The summed E-state index contributed by atoms with van der Waals surface area (Å²) in [6.45, 7) is 0. The quantitative estimate of drug-likeness (QED) is 0.732. The molecule has 0 fully saturated rings. The molecular formula is C15H9BrF2N2O. The summed E-state index contributed by atoms with van der Waals surface area (Å²) in [5, 5.41) is 3.77. The summed E-state index contributed by atoms with van der Waals surface area (Å²) >= 11 is 3.35. The summed E-state index contributed by atoms with van der Waals surface area (Å²) in [7, 11) is 0. The van der Waals surface area contributed by atoms with E-state index in [2.05, 4.69) is 21.1 Å². The maximum absolute atomic E-state index is 13.9. The van der Waals surface area contributed by atoms with Gasteiger partial charge in [-0.15, -0.1) is 0 Å². The van der Waals surface area contributed by atoms with Crippen molar-refractivity contribution in [2.24, 2.45) is 0 Å². The number of nitrogens with two attached hydrogens (primary N) is 1. The molecule has 6 heteroatoms. The summed E-state index contributed by atoms with van der Waals surface area (Å²) in [5.41, 5.74) is 7.09. The van der Waals surface area contributed by atoms with Gasteiger partial charge in [-0.05, 0) is 35.9 Å². The van der Waals surface area contributed by atoms with Gasteiger partial charge in [-0.25, -0.2) is 8.78 Å². The maximum atomic E-state index is 13.9. The van der Waals surface area contributed by atoms with Gasteiger partial charge in [-0.3, -0.25) is 0 Å². The van der Waals surface area contributed by atoms with Crippen molar-refractivity contribution in [1.82, 2.24) is 5.16 Å². The lowest BCUT2D eigenvalue weighted by atomic mass is 10.0. The number of rotatable bonds is 2. The fourth-order valence-electron chi connectivity index (χ4n) is 2.09. The zero-order chi connectivity index (χ0) is 15.0. The monoisotopic (exact) mass is 350 g/mol. The van der Waals surface area contributed by atoms with E-state index in [0.29, 0.717) is 11.1 Å². The Morgan fingerprint density at radius 1 is 1.10 bits per heavy atom. The molecule has 1 aromatic heterocycles. The summed E-state index contributed by atoms with van der Waals surface area (Å²) in [5.74, 6) is -1.11. The molecule has 0 radical (unpaired) electrons. The van der Waals surface area contributed by atoms with Crippen LogP contribution < -0.4 is 5.73 Å². The first-order valence-corrected chi connectivity index (χ1v) is 6.82. The van der Waals surface area contributed by atoms with Gasteiger partial charge in [0, 0.05) is 10.0 Å². The second kappa shape index (κ2) is 5.29. The van der Waals surface area contributed by atoms with Crippen LogP contribution in [-0.2, 0) is 0 Å². The van der Waals surface area contributed by atoms with Crippen LogP contribution in [0.3, 0.4) is 0 Å². The second-order valence-corrected chi connectivity index (χ2v) is 5.32. The van der Waals surface area contributed by atoms with Crippen molar-refractivity contribution in [3.8, 4) is 22.4 Å². The first kappa shape index (κ1) is 13.8. The zero-order valence-electron chi connectivity index (χ0n) is 10.6. The van der Waals surface area contributed by atoms with E-state index in [4.69, 9.17) is 10.3 Å². The second-order valence-electron chi connectivity index (χ2n) is 4.40. The Bertz CT molecular complexity index is 817. The van der Waals surface area contributed by atoms with Crippen LogP contribution in [0.1, 0.15) is 0 Å². The highest BCUT2D eigenvalue weighted by Crippen LogP contribution is 2.38. The Morgan fingerprint density at radius 2 is 1.90 bits per heavy atom. The predicted molar refractivity (Wildman–Crippen MR) is 79.4 cm³/mol. The van der Waals surface area contributed by atoms with Crippen LogP contribution >= 0.6 is 15.9 Å². The third-order valence-corrected chi connectivity index (χ3v) is 3.51. The molecule has 0 spiro atoms. The number of benzene rings is 2. The minimum atomic E-state index is -0.596. The third-order valence-electron chi connectivity index (χ3n) is 3.02. The average molecular weight is 351 g/mol. The van der Waals surface area contributed by atoms with Crippen molar-refractivity contribution >= 4 is 21.8 Å². The summed E-state index contributed by atoms with van der Waals surface area (Å²) in [6.07, 6.45) is 0. The van der Waals surface area contributed by atoms with E-state index in [1.807, 2.05) is 6.07 Å². The number of nitrogens with zero attached hydrogens (tertiary/aromatic N) is 1. The number of halogens is 3. The molecule has 0 aliphatic carbocycles. The standard InChI is InChI=1S/C15H9BrF2N2O/c16-9-3-1-2-8(6-9)13-14(20-21-15(13)19)11-7-10(17)4-5-12(11)18/h1-7H,19H2. The Hall–Kier alpha value is -2.21. The summed E-state index contributed by atoms with van der Waals surface area (Å²) < 4.78 is 33.1. The first-order valence-electron chi connectivity index (χ1n) is 6.03. The molecule has 2 aromatic carbocycles. The molecule has 3 nitrogen and oxygen atoms in total. The van der Waals surface area contributed by atoms with Crippen LogP contribution in [0.15, 0.2) is 51.5 Å². The smallest absolute Gasteiger partial charge is 0.230 e. The van der Waals surface area contributed by atoms with E-state index >= 15 is 0 Å². The van der Waals surface area contributed by atoms with Gasteiger partial charge in [-0.2, -0.15) is 0 Å². The average Bonchev–Trinajstić information content (AvgIpc) is 2.83. The minimum absolute atomic E-state index is 0.00502. The minimum Gasteiger partial charge on any atom is -0.367 e. The Kier molecular flexibility index (Phi) is 3.47. The molecule has 0 bridgehead atoms. The van der Waals surface area contributed by atoms with Gasteiger partial charge in [0.1, 0.15) is 17.3 Å². The molecule has 2 N–H and O–H groups in total. The largest absolute Gasteiger partial charge is 0.367 e. The topological polar surface area (TPSA) is 52.0 Å². The fraction of sp³-hybridized carbons (Fsp3) is 0. The maximum Gasteiger partial charge on any atom is 0.230 e. The molecule has 0 amide bonds. The highest BCUT2D eigenvalue weighted by Gasteiger charge is 2.20. The summed E-state index contributed by atoms with van der Waals surface area (Å²) in [6, 6.07) is 10.4. The van der Waals surface area contributed by atoms with Crippen molar-refractivity contribution in [3.05, 3.63) is 58.6 Å². The van der Waals surface area contributed by atoms with Crippen LogP contribution in [0.4, 0.5) is 14.7 Å². The van der Waals surface area contributed by atoms with Crippen LogP contribution in [-0.4, -0.2) is 5.16 Å². The lowest BCUT2D eigenvalue weighted by Gasteiger charge is -2.05. The van der Waals surface area contributed by atoms with Crippen LogP contribution in [0, 0.1) is 11.6 Å². The van der Waals surface area contributed by atoms with Gasteiger partial charge in [-0.1, -0.05) is 33.2 Å². The molecule has 0 aliphatic heterocycles. The molecule has 0 saturated carbocycles. The molecule has 1 heterocycles. The van der Waals surface area contributed by atoms with E-state index in [1.165, 1.54) is 0 Å². The Morgan fingerprint density at radius 3 is 2.67 bits per heavy atom. The van der Waals surface area contributed by atoms with Gasteiger partial charge in [0.15, 0.2) is 0 Å². The van der Waals surface area contributed by atoms with E-state index in [0.717, 1.165) is 22.7 Å². The predicted octanol–water partition coefficient (Wildman–Crippen LogP) is 4.63. The number of aromatic nitrogens is 1. The molecule has 3 aromatic rings. The van der Waals surface area contributed by atoms with Gasteiger partial charge in [0.05, 0.1) is 5.56 Å². The van der Waals surface area contributed by atoms with Crippen LogP contribution in [0.2, 0.25) is 0 Å². The van der Waals surface area contributed by atoms with Crippen molar-refractivity contribution in [3.63, 3.8) is 0 Å². The molecule has 0 aliphatic rings. The van der Waals surface area contributed by atoms with Gasteiger partial charge >= 0.3 is 0 Å². The number of hydrogen-bond acceptors (Lipinski definition) is 3. The van der Waals surface area contributed by atoms with Gasteiger partial charge in [0.2, 0.25) is 5.88 Å². The van der Waals surface area contributed by atoms with Crippen molar-refractivity contribution < 1.29 is 13.3 Å². The number of nitrogen functional groups attached to an aromatic ring is 1. The van der Waals surface area contributed by atoms with Gasteiger partial charge < -0.3 is 10.3 Å². The summed E-state index contributed by atoms with van der Waals surface area (Å²) in [4.78, 5) is 0. The number of hydrogen-bond donors (Lipinski definition) is 1. The highest BCUT2D eigenvalue weighted by atomic mass is 79.9. The van der Waals surface area contributed by atoms with E-state index in [1.54, 1.807) is 18.2 Å². The van der Waals surface area contributed by atoms with E-state index in [-0.39, 0.29) is 17.1 Å². The van der Waals surface area contributed by atoms with Crippen molar-refractivity contribution in [2.75, 3.05) is 5.73 Å². The molecule has 0 saturated heterocycles. The molecule has 21 heavy (non-hydrogen) atoms. The van der Waals surface area contributed by atoms with Gasteiger partial charge in [0.25, 0.3) is 0 Å².